The number of benzene rings is 2. The number of phenols is 1. The van der Waals surface area contributed by atoms with E-state index in [0.717, 1.165) is 18.7 Å². The number of rotatable bonds is 4. The number of phenolic OH excluding ortho intramolecular Hbond substituents is 1. The van der Waals surface area contributed by atoms with Crippen molar-refractivity contribution in [3.8, 4) is 5.75 Å². The number of carboxylic acids is 1. The second-order valence-corrected chi connectivity index (χ2v) is 5.66. The quantitative estimate of drug-likeness (QED) is 0.515. The van der Waals surface area contributed by atoms with Gasteiger partial charge >= 0.3 is 11.9 Å². The summed E-state index contributed by atoms with van der Waals surface area (Å²) in [6.45, 7) is 0. The minimum Gasteiger partial charge on any atom is -0.505 e. The van der Waals surface area contributed by atoms with Gasteiger partial charge in [0.25, 0.3) is 0 Å². The molecular formula is C19H14FNNa2O5. The molecule has 0 aliphatic heterocycles. The number of pyridine rings is 1. The van der Waals surface area contributed by atoms with Gasteiger partial charge in [0.1, 0.15) is 16.9 Å². The van der Waals surface area contributed by atoms with Gasteiger partial charge in [-0.05, 0) is 41.8 Å². The average Bonchev–Trinajstić information content (AvgIpc) is 2.63. The van der Waals surface area contributed by atoms with E-state index in [1.807, 2.05) is 0 Å². The third kappa shape index (κ3) is 5.11. The Bertz CT molecular complexity index is 1030. The van der Waals surface area contributed by atoms with Crippen LogP contribution in [0.1, 0.15) is 31.8 Å². The molecule has 2 N–H and O–H groups in total. The summed E-state index contributed by atoms with van der Waals surface area (Å²) in [5, 5.41) is 19.9. The molecule has 0 bridgehead atoms. The number of nitrogens with zero attached hydrogens (tertiary/aromatic N) is 1. The maximum absolute atomic E-state index is 13.0. The maximum Gasteiger partial charge on any atom is 0.341 e. The number of carbonyl (C=O) groups is 2. The van der Waals surface area contributed by atoms with Gasteiger partial charge in [0.2, 0.25) is 0 Å². The van der Waals surface area contributed by atoms with Gasteiger partial charge in [0.05, 0.1) is 12.7 Å². The molecule has 0 aliphatic rings. The van der Waals surface area contributed by atoms with Crippen LogP contribution in [0, 0.1) is 5.82 Å². The molecule has 3 aromatic rings. The molecule has 9 heteroatoms. The van der Waals surface area contributed by atoms with Crippen molar-refractivity contribution < 1.29 is 28.9 Å². The minimum atomic E-state index is -1.26. The minimum absolute atomic E-state index is 0. The first-order valence-electron chi connectivity index (χ1n) is 7.61. The number of esters is 1. The number of hydrogen-bond donors (Lipinski definition) is 2. The molecule has 28 heavy (non-hydrogen) atoms. The molecule has 3 rings (SSSR count). The zero-order chi connectivity index (χ0) is 18.8. The first-order valence-corrected chi connectivity index (χ1v) is 7.61. The fraction of sp³-hybridized carbons (Fsp3) is 0.105. The topological polar surface area (TPSA) is 96.7 Å². The second kappa shape index (κ2) is 10.3. The Morgan fingerprint density at radius 2 is 1.71 bits per heavy atom. The van der Waals surface area contributed by atoms with Crippen LogP contribution in [-0.4, -0.2) is 93.4 Å². The van der Waals surface area contributed by atoms with E-state index in [-0.39, 0.29) is 87.0 Å². The Morgan fingerprint density at radius 3 is 2.29 bits per heavy atom. The summed E-state index contributed by atoms with van der Waals surface area (Å²) in [7, 11) is 1.13. The molecule has 0 saturated heterocycles. The number of hydrogen-bond acceptors (Lipinski definition) is 5. The molecule has 1 aromatic heterocycles. The molecule has 0 amide bonds. The average molecular weight is 401 g/mol. The van der Waals surface area contributed by atoms with Crippen molar-refractivity contribution in [3.63, 3.8) is 0 Å². The molecule has 0 aliphatic carbocycles. The van der Waals surface area contributed by atoms with E-state index in [4.69, 9.17) is 0 Å². The van der Waals surface area contributed by atoms with E-state index in [9.17, 15) is 24.2 Å². The molecule has 2 radical (unpaired) electrons. The van der Waals surface area contributed by atoms with E-state index in [1.54, 1.807) is 18.2 Å². The maximum atomic E-state index is 13.0. The number of methoxy groups -OCH3 is 1. The van der Waals surface area contributed by atoms with Crippen LogP contribution < -0.4 is 0 Å². The zero-order valence-corrected chi connectivity index (χ0v) is 19.7. The SMILES string of the molecule is COC(=O)c1cc(C(=O)O)c2cc(Cc3ccc(F)cc3)cnc2c1O.[Na].[Na]. The van der Waals surface area contributed by atoms with Gasteiger partial charge in [-0.25, -0.2) is 14.0 Å². The third-order valence-electron chi connectivity index (χ3n) is 3.96. The van der Waals surface area contributed by atoms with Gasteiger partial charge in [0, 0.05) is 70.7 Å². The normalized spacial score (nSPS) is 9.93. The largest absolute Gasteiger partial charge is 0.505 e. The molecule has 0 saturated carbocycles. The first kappa shape index (κ1) is 24.6. The van der Waals surface area contributed by atoms with Crippen LogP contribution in [0.3, 0.4) is 0 Å². The summed E-state index contributed by atoms with van der Waals surface area (Å²) >= 11 is 0. The molecular weight excluding hydrogens is 387 g/mol. The van der Waals surface area contributed by atoms with Crippen molar-refractivity contribution in [1.29, 1.82) is 0 Å². The summed E-state index contributed by atoms with van der Waals surface area (Å²) in [6, 6.07) is 8.55. The van der Waals surface area contributed by atoms with E-state index in [2.05, 4.69) is 9.72 Å². The monoisotopic (exact) mass is 401 g/mol. The zero-order valence-electron chi connectivity index (χ0n) is 15.7. The van der Waals surface area contributed by atoms with Crippen molar-refractivity contribution in [2.75, 3.05) is 7.11 Å². The van der Waals surface area contributed by atoms with Gasteiger partial charge in [-0.3, -0.25) is 4.98 Å². The van der Waals surface area contributed by atoms with Crippen LogP contribution in [0.25, 0.3) is 10.9 Å². The first-order chi connectivity index (χ1) is 12.4. The number of aromatic carboxylic acids is 1. The summed E-state index contributed by atoms with van der Waals surface area (Å²) < 4.78 is 17.6. The Hall–Kier alpha value is -1.48. The van der Waals surface area contributed by atoms with Gasteiger partial charge in [-0.1, -0.05) is 12.1 Å². The number of ether oxygens (including phenoxy) is 1. The molecule has 6 nitrogen and oxygen atoms in total. The van der Waals surface area contributed by atoms with Crippen LogP contribution in [0.5, 0.6) is 5.75 Å². The molecule has 0 spiro atoms. The third-order valence-corrected chi connectivity index (χ3v) is 3.96. The second-order valence-electron chi connectivity index (χ2n) is 5.66. The molecule has 2 aromatic carbocycles. The van der Waals surface area contributed by atoms with Crippen LogP contribution in [0.4, 0.5) is 4.39 Å². The van der Waals surface area contributed by atoms with E-state index in [0.29, 0.717) is 12.0 Å². The summed E-state index contributed by atoms with van der Waals surface area (Å²) in [5.74, 6) is -2.91. The molecule has 0 unspecified atom stereocenters. The van der Waals surface area contributed by atoms with Gasteiger partial charge < -0.3 is 14.9 Å². The number of carbonyl (C=O) groups excluding carboxylic acids is 1. The van der Waals surface area contributed by atoms with Crippen LogP contribution in [-0.2, 0) is 11.2 Å². The smallest absolute Gasteiger partial charge is 0.341 e. The Kier molecular flexibility index (Phi) is 9.07. The summed E-state index contributed by atoms with van der Waals surface area (Å²) in [6.07, 6.45) is 1.87. The van der Waals surface area contributed by atoms with Crippen molar-refractivity contribution in [2.24, 2.45) is 0 Å². The predicted octanol–water partition coefficient (Wildman–Crippen LogP) is 2.39. The predicted molar refractivity (Wildman–Crippen MR) is 102 cm³/mol. The number of fused-ring (bicyclic) bond motifs is 1. The van der Waals surface area contributed by atoms with E-state index in [1.165, 1.54) is 18.3 Å². The molecule has 1 heterocycles. The van der Waals surface area contributed by atoms with Crippen molar-refractivity contribution in [2.45, 2.75) is 6.42 Å². The van der Waals surface area contributed by atoms with Crippen molar-refractivity contribution in [3.05, 3.63) is 70.7 Å². The number of aromatic nitrogens is 1. The standard InChI is InChI=1S/C19H14FNO5.2Na/c1-26-19(25)15-8-14(18(23)24)13-7-11(9-21-16(13)17(15)22)6-10-2-4-12(20)5-3-10;;/h2-5,7-9,22H,6H2,1H3,(H,23,24);;. The fourth-order valence-corrected chi connectivity index (χ4v) is 2.70. The number of aromatic hydroxyl groups is 1. The van der Waals surface area contributed by atoms with E-state index >= 15 is 0 Å². The Balaban J connectivity index is 0.00000196. The van der Waals surface area contributed by atoms with E-state index < -0.39 is 17.7 Å². The van der Waals surface area contributed by atoms with Crippen molar-refractivity contribution in [1.82, 2.24) is 4.98 Å². The number of halogens is 1. The van der Waals surface area contributed by atoms with Gasteiger partial charge in [0.15, 0.2) is 5.75 Å². The Morgan fingerprint density at radius 1 is 1.07 bits per heavy atom. The van der Waals surface area contributed by atoms with Crippen LogP contribution >= 0.6 is 0 Å². The van der Waals surface area contributed by atoms with Gasteiger partial charge in [-0.15, -0.1) is 0 Å². The fourth-order valence-electron chi connectivity index (χ4n) is 2.70. The molecule has 0 fully saturated rings. The number of carboxylic acid groups (broad SMARTS) is 1. The van der Waals surface area contributed by atoms with Crippen molar-refractivity contribution >= 4 is 82.0 Å². The molecule has 134 valence electrons. The van der Waals surface area contributed by atoms with Crippen LogP contribution in [0.2, 0.25) is 0 Å². The van der Waals surface area contributed by atoms with Crippen LogP contribution in [0.15, 0.2) is 42.6 Å². The van der Waals surface area contributed by atoms with Gasteiger partial charge in [-0.2, -0.15) is 0 Å². The summed E-state index contributed by atoms with van der Waals surface area (Å²) in [4.78, 5) is 27.5. The Labute approximate surface area is 204 Å². The summed E-state index contributed by atoms with van der Waals surface area (Å²) in [5.41, 5.74) is 1.05. The molecule has 0 atom stereocenters.